The molecular weight excluding hydrogens is 208 g/mol. The summed E-state index contributed by atoms with van der Waals surface area (Å²) in [4.78, 5) is 4.34. The minimum atomic E-state index is 0.258. The van der Waals surface area contributed by atoms with Crippen LogP contribution in [0, 0.1) is 5.92 Å². The van der Waals surface area contributed by atoms with Crippen molar-refractivity contribution in [3.8, 4) is 0 Å². The first kappa shape index (κ1) is 12.5. The van der Waals surface area contributed by atoms with Gasteiger partial charge in [-0.3, -0.25) is 4.98 Å². The molecule has 0 radical (unpaired) electrons. The molecule has 0 saturated carbocycles. The summed E-state index contributed by atoms with van der Waals surface area (Å²) in [6.07, 6.45) is 4.05. The maximum atomic E-state index is 6.12. The Hall–Kier alpha value is -0.600. The van der Waals surface area contributed by atoms with Crippen LogP contribution in [0.5, 0.6) is 0 Å². The molecule has 0 aliphatic carbocycles. The van der Waals surface area contributed by atoms with Gasteiger partial charge in [-0.1, -0.05) is 31.9 Å². The molecule has 2 unspecified atom stereocenters. The number of hydrogen-bond donors (Lipinski definition) is 1. The number of hydrogen-bond acceptors (Lipinski definition) is 2. The maximum absolute atomic E-state index is 6.12. The van der Waals surface area contributed by atoms with Crippen molar-refractivity contribution >= 4 is 11.6 Å². The van der Waals surface area contributed by atoms with Gasteiger partial charge < -0.3 is 5.32 Å². The van der Waals surface area contributed by atoms with E-state index in [1.54, 1.807) is 6.20 Å². The molecule has 0 aromatic carbocycles. The second-order valence-corrected chi connectivity index (χ2v) is 4.37. The van der Waals surface area contributed by atoms with Gasteiger partial charge in [0.05, 0.1) is 16.8 Å². The first-order valence-electron chi connectivity index (χ1n) is 5.46. The van der Waals surface area contributed by atoms with E-state index >= 15 is 0 Å². The molecule has 84 valence electrons. The van der Waals surface area contributed by atoms with Crippen LogP contribution in [0.1, 0.15) is 38.4 Å². The fraction of sp³-hybridized carbons (Fsp3) is 0.583. The lowest BCUT2D eigenvalue weighted by molar-refractivity contribution is 0.416. The lowest BCUT2D eigenvalue weighted by Crippen LogP contribution is -2.20. The van der Waals surface area contributed by atoms with E-state index in [1.807, 2.05) is 19.2 Å². The van der Waals surface area contributed by atoms with Crippen molar-refractivity contribution in [2.75, 3.05) is 7.05 Å². The van der Waals surface area contributed by atoms with Gasteiger partial charge in [-0.25, -0.2) is 0 Å². The van der Waals surface area contributed by atoms with Crippen LogP contribution in [0.4, 0.5) is 0 Å². The SMILES string of the molecule is CCC(C)CC(NC)c1ncccc1Cl. The summed E-state index contributed by atoms with van der Waals surface area (Å²) < 4.78 is 0. The standard InChI is InChI=1S/C12H19ClN2/c1-4-9(2)8-11(14-3)12-10(13)6-5-7-15-12/h5-7,9,11,14H,4,8H2,1-3H3. The Morgan fingerprint density at radius 3 is 2.80 bits per heavy atom. The van der Waals surface area contributed by atoms with Gasteiger partial charge in [-0.15, -0.1) is 0 Å². The van der Waals surface area contributed by atoms with E-state index in [-0.39, 0.29) is 6.04 Å². The summed E-state index contributed by atoms with van der Waals surface area (Å²) in [5, 5.41) is 4.03. The first-order valence-corrected chi connectivity index (χ1v) is 5.84. The molecule has 0 aliphatic heterocycles. The zero-order valence-corrected chi connectivity index (χ0v) is 10.4. The average Bonchev–Trinajstić information content (AvgIpc) is 2.26. The summed E-state index contributed by atoms with van der Waals surface area (Å²) in [6, 6.07) is 4.01. The number of pyridine rings is 1. The monoisotopic (exact) mass is 226 g/mol. The molecule has 3 heteroatoms. The van der Waals surface area contributed by atoms with Crippen LogP contribution in [-0.4, -0.2) is 12.0 Å². The Morgan fingerprint density at radius 2 is 2.27 bits per heavy atom. The Morgan fingerprint density at radius 1 is 1.53 bits per heavy atom. The second-order valence-electron chi connectivity index (χ2n) is 3.96. The van der Waals surface area contributed by atoms with Gasteiger partial charge in [0.25, 0.3) is 0 Å². The number of nitrogens with zero attached hydrogens (tertiary/aromatic N) is 1. The third-order valence-corrected chi connectivity index (χ3v) is 3.12. The van der Waals surface area contributed by atoms with Crippen LogP contribution in [0.2, 0.25) is 5.02 Å². The van der Waals surface area contributed by atoms with Gasteiger partial charge in [-0.05, 0) is 31.5 Å². The predicted molar refractivity (Wildman–Crippen MR) is 65.1 cm³/mol. The Labute approximate surface area is 97.1 Å². The zero-order chi connectivity index (χ0) is 11.3. The third-order valence-electron chi connectivity index (χ3n) is 2.80. The number of rotatable bonds is 5. The summed E-state index contributed by atoms with van der Waals surface area (Å²) in [5.74, 6) is 0.681. The number of nitrogens with one attached hydrogen (secondary N) is 1. The number of aromatic nitrogens is 1. The van der Waals surface area contributed by atoms with Crippen molar-refractivity contribution in [1.82, 2.24) is 10.3 Å². The zero-order valence-electron chi connectivity index (χ0n) is 9.63. The second kappa shape index (κ2) is 6.09. The van der Waals surface area contributed by atoms with E-state index < -0.39 is 0 Å². The molecule has 0 aliphatic rings. The Bertz CT molecular complexity index is 301. The van der Waals surface area contributed by atoms with Crippen LogP contribution in [0.25, 0.3) is 0 Å². The lowest BCUT2D eigenvalue weighted by Gasteiger charge is -2.20. The largest absolute Gasteiger partial charge is 0.312 e. The van der Waals surface area contributed by atoms with Crippen molar-refractivity contribution in [2.24, 2.45) is 5.92 Å². The van der Waals surface area contributed by atoms with Crippen LogP contribution in [-0.2, 0) is 0 Å². The summed E-state index contributed by atoms with van der Waals surface area (Å²) >= 11 is 6.12. The van der Waals surface area contributed by atoms with Crippen molar-refractivity contribution in [2.45, 2.75) is 32.7 Å². The molecule has 0 fully saturated rings. The van der Waals surface area contributed by atoms with Gasteiger partial charge in [0.1, 0.15) is 0 Å². The molecule has 1 rings (SSSR count). The summed E-state index contributed by atoms with van der Waals surface area (Å²) in [6.45, 7) is 4.46. The van der Waals surface area contributed by atoms with Crippen molar-refractivity contribution in [3.63, 3.8) is 0 Å². The highest BCUT2D eigenvalue weighted by Crippen LogP contribution is 2.26. The molecule has 0 amide bonds. The van der Waals surface area contributed by atoms with Crippen LogP contribution >= 0.6 is 11.6 Å². The summed E-state index contributed by atoms with van der Waals surface area (Å²) in [7, 11) is 1.96. The smallest absolute Gasteiger partial charge is 0.0758 e. The van der Waals surface area contributed by atoms with E-state index in [0.717, 1.165) is 17.1 Å². The summed E-state index contributed by atoms with van der Waals surface area (Å²) in [5.41, 5.74) is 0.960. The first-order chi connectivity index (χ1) is 7.19. The highest BCUT2D eigenvalue weighted by molar-refractivity contribution is 6.31. The molecule has 1 aromatic rings. The van der Waals surface area contributed by atoms with Crippen molar-refractivity contribution in [3.05, 3.63) is 29.0 Å². The van der Waals surface area contributed by atoms with Crippen LogP contribution < -0.4 is 5.32 Å². The molecule has 0 saturated heterocycles. The Kier molecular flexibility index (Phi) is 5.06. The van der Waals surface area contributed by atoms with E-state index in [9.17, 15) is 0 Å². The molecule has 15 heavy (non-hydrogen) atoms. The molecule has 0 spiro atoms. The fourth-order valence-corrected chi connectivity index (χ4v) is 1.84. The van der Waals surface area contributed by atoms with Crippen LogP contribution in [0.3, 0.4) is 0 Å². The lowest BCUT2D eigenvalue weighted by atomic mass is 9.97. The van der Waals surface area contributed by atoms with Crippen LogP contribution in [0.15, 0.2) is 18.3 Å². The maximum Gasteiger partial charge on any atom is 0.0758 e. The Balaban J connectivity index is 2.78. The minimum absolute atomic E-state index is 0.258. The van der Waals surface area contributed by atoms with Gasteiger partial charge in [0, 0.05) is 6.20 Å². The van der Waals surface area contributed by atoms with Gasteiger partial charge in [-0.2, -0.15) is 0 Å². The molecule has 2 nitrogen and oxygen atoms in total. The van der Waals surface area contributed by atoms with E-state index in [1.165, 1.54) is 6.42 Å². The molecule has 1 aromatic heterocycles. The van der Waals surface area contributed by atoms with E-state index in [2.05, 4.69) is 24.1 Å². The van der Waals surface area contributed by atoms with Gasteiger partial charge >= 0.3 is 0 Å². The van der Waals surface area contributed by atoms with Gasteiger partial charge in [0.2, 0.25) is 0 Å². The predicted octanol–water partition coefficient (Wildman–Crippen LogP) is 3.43. The highest BCUT2D eigenvalue weighted by atomic mass is 35.5. The third kappa shape index (κ3) is 3.47. The van der Waals surface area contributed by atoms with Crippen molar-refractivity contribution in [1.29, 1.82) is 0 Å². The highest BCUT2D eigenvalue weighted by Gasteiger charge is 2.16. The topological polar surface area (TPSA) is 24.9 Å². The number of halogens is 1. The molecule has 1 N–H and O–H groups in total. The molecule has 0 bridgehead atoms. The quantitative estimate of drug-likeness (QED) is 0.832. The average molecular weight is 227 g/mol. The van der Waals surface area contributed by atoms with Gasteiger partial charge in [0.15, 0.2) is 0 Å². The minimum Gasteiger partial charge on any atom is -0.312 e. The fourth-order valence-electron chi connectivity index (χ4n) is 1.59. The van der Waals surface area contributed by atoms with Crippen molar-refractivity contribution < 1.29 is 0 Å². The normalized spacial score (nSPS) is 14.9. The van der Waals surface area contributed by atoms with E-state index in [0.29, 0.717) is 5.92 Å². The molecule has 1 heterocycles. The molecular formula is C12H19ClN2. The molecule has 2 atom stereocenters. The van der Waals surface area contributed by atoms with E-state index in [4.69, 9.17) is 11.6 Å².